The van der Waals surface area contributed by atoms with Crippen molar-refractivity contribution in [2.45, 2.75) is 25.3 Å². The zero-order valence-corrected chi connectivity index (χ0v) is 9.77. The van der Waals surface area contributed by atoms with Gasteiger partial charge in [-0.2, -0.15) is 0 Å². The summed E-state index contributed by atoms with van der Waals surface area (Å²) in [6.45, 7) is 1.42. The van der Waals surface area contributed by atoms with E-state index >= 15 is 0 Å². The maximum absolute atomic E-state index is 11.9. The van der Waals surface area contributed by atoms with Gasteiger partial charge in [-0.05, 0) is 19.4 Å². The number of hydrogen-bond donors (Lipinski definition) is 2. The fourth-order valence-electron chi connectivity index (χ4n) is 1.82. The summed E-state index contributed by atoms with van der Waals surface area (Å²) in [6.07, 6.45) is 3.26. The third kappa shape index (κ3) is 2.06. The third-order valence-corrected chi connectivity index (χ3v) is 2.74. The molecule has 7 nitrogen and oxygen atoms in total. The zero-order chi connectivity index (χ0) is 13.2. The van der Waals surface area contributed by atoms with Crippen molar-refractivity contribution in [2.75, 3.05) is 0 Å². The van der Waals surface area contributed by atoms with E-state index in [1.807, 2.05) is 0 Å². The van der Waals surface area contributed by atoms with Gasteiger partial charge < -0.3 is 10.1 Å². The van der Waals surface area contributed by atoms with Gasteiger partial charge in [0, 0.05) is 18.8 Å². The fourth-order valence-corrected chi connectivity index (χ4v) is 1.82. The zero-order valence-electron chi connectivity index (χ0n) is 9.77. The molecule has 1 unspecified atom stereocenters. The Kier molecular flexibility index (Phi) is 3.05. The van der Waals surface area contributed by atoms with E-state index in [0.717, 1.165) is 0 Å². The fraction of sp³-hybridized carbons (Fsp3) is 0.364. The number of rotatable bonds is 4. The number of aromatic nitrogens is 2. The lowest BCUT2D eigenvalue weighted by Crippen LogP contribution is -2.45. The summed E-state index contributed by atoms with van der Waals surface area (Å²) >= 11 is 0. The van der Waals surface area contributed by atoms with Crippen molar-refractivity contribution in [2.24, 2.45) is 0 Å². The molecule has 7 heteroatoms. The lowest BCUT2D eigenvalue weighted by atomic mass is 9.91. The molecule has 0 radical (unpaired) electrons. The second-order valence-electron chi connectivity index (χ2n) is 4.09. The van der Waals surface area contributed by atoms with Gasteiger partial charge in [-0.3, -0.25) is 10.1 Å². The smallest absolute Gasteiger partial charge is 0.317 e. The number of imide groups is 1. The van der Waals surface area contributed by atoms with Crippen LogP contribution in [0.1, 0.15) is 25.6 Å². The number of Topliss-reactive ketones (excluding diaryl/α,β-unsaturated/α-hetero) is 1. The number of carbonyl (C=O) groups is 3. The summed E-state index contributed by atoms with van der Waals surface area (Å²) in [7, 11) is 0. The molecule has 0 aliphatic carbocycles. The van der Waals surface area contributed by atoms with E-state index in [9.17, 15) is 14.4 Å². The van der Waals surface area contributed by atoms with Gasteiger partial charge in [-0.15, -0.1) is 0 Å². The predicted octanol–water partition coefficient (Wildman–Crippen LogP) is -0.120. The van der Waals surface area contributed by atoms with Gasteiger partial charge in [0.25, 0.3) is 5.91 Å². The molecule has 1 saturated heterocycles. The van der Waals surface area contributed by atoms with Gasteiger partial charge in [0.2, 0.25) is 0 Å². The Hall–Kier alpha value is -2.31. The van der Waals surface area contributed by atoms with Crippen LogP contribution in [0.2, 0.25) is 0 Å². The first-order chi connectivity index (χ1) is 8.54. The summed E-state index contributed by atoms with van der Waals surface area (Å²) in [5.41, 5.74) is -1.34. The van der Waals surface area contributed by atoms with Crippen molar-refractivity contribution in [3.63, 3.8) is 0 Å². The monoisotopic (exact) mass is 248 g/mol. The van der Waals surface area contributed by atoms with Gasteiger partial charge in [-0.1, -0.05) is 0 Å². The van der Waals surface area contributed by atoms with Crippen LogP contribution in [0.5, 0.6) is 0 Å². The molecule has 2 rings (SSSR count). The summed E-state index contributed by atoms with van der Waals surface area (Å²) in [5, 5.41) is 4.66. The Balaban J connectivity index is 2.37. The highest BCUT2D eigenvalue weighted by Gasteiger charge is 2.49. The van der Waals surface area contributed by atoms with E-state index in [0.29, 0.717) is 0 Å². The second kappa shape index (κ2) is 4.52. The van der Waals surface area contributed by atoms with Gasteiger partial charge in [-0.25, -0.2) is 14.8 Å². The predicted molar refractivity (Wildman–Crippen MR) is 60.3 cm³/mol. The van der Waals surface area contributed by atoms with Gasteiger partial charge in [0.15, 0.2) is 11.4 Å². The molecule has 2 heterocycles. The van der Waals surface area contributed by atoms with E-state index in [2.05, 4.69) is 20.6 Å². The van der Waals surface area contributed by atoms with Crippen LogP contribution < -0.4 is 10.6 Å². The third-order valence-electron chi connectivity index (χ3n) is 2.74. The quantitative estimate of drug-likeness (QED) is 0.723. The molecular weight excluding hydrogens is 236 g/mol. The molecule has 1 aromatic heterocycles. The number of ketones is 1. The first-order valence-electron chi connectivity index (χ1n) is 5.45. The first kappa shape index (κ1) is 12.2. The second-order valence-corrected chi connectivity index (χ2v) is 4.09. The van der Waals surface area contributed by atoms with Crippen molar-refractivity contribution in [1.29, 1.82) is 0 Å². The number of nitrogens with zero attached hydrogens (tertiary/aromatic N) is 2. The molecule has 0 aromatic carbocycles. The molecule has 0 saturated carbocycles. The molecule has 0 spiro atoms. The summed E-state index contributed by atoms with van der Waals surface area (Å²) in [5.74, 6) is -0.409. The van der Waals surface area contributed by atoms with Gasteiger partial charge >= 0.3 is 6.03 Å². The van der Waals surface area contributed by atoms with E-state index in [4.69, 9.17) is 0 Å². The standard InChI is InChI=1S/C11H12N4O3/c1-7(16)3-4-11(8-12-5-2-6-13-8)9(17)14-10(18)15-11/h2,5-6H,3-4H2,1H3,(H2,14,15,17,18). The first-order valence-corrected chi connectivity index (χ1v) is 5.45. The Morgan fingerprint density at radius 1 is 1.33 bits per heavy atom. The normalized spacial score (nSPS) is 22.5. The highest BCUT2D eigenvalue weighted by molar-refractivity contribution is 6.07. The van der Waals surface area contributed by atoms with E-state index in [1.165, 1.54) is 19.3 Å². The van der Waals surface area contributed by atoms with Crippen molar-refractivity contribution in [3.05, 3.63) is 24.3 Å². The lowest BCUT2D eigenvalue weighted by Gasteiger charge is -2.23. The molecule has 1 aliphatic heterocycles. The molecule has 18 heavy (non-hydrogen) atoms. The van der Waals surface area contributed by atoms with Crippen LogP contribution in [-0.2, 0) is 15.1 Å². The summed E-state index contributed by atoms with van der Waals surface area (Å²) in [6, 6.07) is 1.01. The van der Waals surface area contributed by atoms with Crippen LogP contribution >= 0.6 is 0 Å². The van der Waals surface area contributed by atoms with Gasteiger partial charge in [0.1, 0.15) is 5.78 Å². The molecule has 1 atom stereocenters. The van der Waals surface area contributed by atoms with Crippen molar-refractivity contribution in [1.82, 2.24) is 20.6 Å². The Morgan fingerprint density at radius 3 is 2.50 bits per heavy atom. The van der Waals surface area contributed by atoms with Crippen LogP contribution in [-0.4, -0.2) is 27.7 Å². The average molecular weight is 248 g/mol. The minimum atomic E-state index is -1.34. The van der Waals surface area contributed by atoms with E-state index in [-0.39, 0.29) is 24.4 Å². The summed E-state index contributed by atoms with van der Waals surface area (Å²) < 4.78 is 0. The van der Waals surface area contributed by atoms with E-state index in [1.54, 1.807) is 6.07 Å². The van der Waals surface area contributed by atoms with Crippen molar-refractivity contribution >= 4 is 17.7 Å². The molecule has 1 fully saturated rings. The average Bonchev–Trinajstić information content (AvgIpc) is 2.64. The van der Waals surface area contributed by atoms with Crippen LogP contribution in [0, 0.1) is 0 Å². The number of hydrogen-bond acceptors (Lipinski definition) is 5. The maximum atomic E-state index is 11.9. The summed E-state index contributed by atoms with van der Waals surface area (Å²) in [4.78, 5) is 42.3. The maximum Gasteiger partial charge on any atom is 0.322 e. The molecule has 2 N–H and O–H groups in total. The topological polar surface area (TPSA) is 101 Å². The number of nitrogens with one attached hydrogen (secondary N) is 2. The Bertz CT molecular complexity index is 502. The molecular formula is C11H12N4O3. The molecule has 3 amide bonds. The van der Waals surface area contributed by atoms with E-state index < -0.39 is 17.5 Å². The number of carbonyl (C=O) groups excluding carboxylic acids is 3. The van der Waals surface area contributed by atoms with Crippen LogP contribution in [0.15, 0.2) is 18.5 Å². The van der Waals surface area contributed by atoms with Gasteiger partial charge in [0.05, 0.1) is 0 Å². The van der Waals surface area contributed by atoms with Crippen molar-refractivity contribution in [3.8, 4) is 0 Å². The van der Waals surface area contributed by atoms with Crippen LogP contribution in [0.3, 0.4) is 0 Å². The minimum absolute atomic E-state index is 0.0701. The van der Waals surface area contributed by atoms with Crippen LogP contribution in [0.25, 0.3) is 0 Å². The number of amides is 3. The Labute approximate surface area is 103 Å². The number of urea groups is 1. The highest BCUT2D eigenvalue weighted by atomic mass is 16.2. The lowest BCUT2D eigenvalue weighted by molar-refractivity contribution is -0.125. The molecule has 1 aromatic rings. The molecule has 94 valence electrons. The highest BCUT2D eigenvalue weighted by Crippen LogP contribution is 2.27. The minimum Gasteiger partial charge on any atom is -0.317 e. The SMILES string of the molecule is CC(=O)CCC1(c2ncccn2)NC(=O)NC1=O. The van der Waals surface area contributed by atoms with Crippen molar-refractivity contribution < 1.29 is 14.4 Å². The molecule has 0 bridgehead atoms. The largest absolute Gasteiger partial charge is 0.322 e. The molecule has 1 aliphatic rings. The Morgan fingerprint density at radius 2 is 2.00 bits per heavy atom. The van der Waals surface area contributed by atoms with Crippen LogP contribution in [0.4, 0.5) is 4.79 Å².